The highest BCUT2D eigenvalue weighted by molar-refractivity contribution is 7.21. The molecule has 46 heavy (non-hydrogen) atoms. The number of thiazole rings is 4. The van der Waals surface area contributed by atoms with E-state index in [2.05, 4.69) is 19.9 Å². The molecule has 0 bridgehead atoms. The predicted molar refractivity (Wildman–Crippen MR) is 184 cm³/mol. The lowest BCUT2D eigenvalue weighted by atomic mass is 10.0. The first-order valence-corrected chi connectivity index (χ1v) is 17.2. The summed E-state index contributed by atoms with van der Waals surface area (Å²) in [5.41, 5.74) is -0.267. The highest BCUT2D eigenvalue weighted by Gasteiger charge is 2.26. The van der Waals surface area contributed by atoms with Crippen molar-refractivity contribution in [3.8, 4) is 20.0 Å². The van der Waals surface area contributed by atoms with Gasteiger partial charge in [-0.3, -0.25) is 4.79 Å². The number of rotatable bonds is 11. The molecular weight excluding hydrogens is 668 g/mol. The Kier molecular flexibility index (Phi) is 13.0. The van der Waals surface area contributed by atoms with Crippen LogP contribution in [0.3, 0.4) is 0 Å². The van der Waals surface area contributed by atoms with Gasteiger partial charge >= 0.3 is 5.97 Å². The summed E-state index contributed by atoms with van der Waals surface area (Å²) >= 11 is 5.69. The van der Waals surface area contributed by atoms with Crippen molar-refractivity contribution in [3.63, 3.8) is 0 Å². The second-order valence-electron chi connectivity index (χ2n) is 11.3. The minimum Gasteiger partial charge on any atom is -0.464 e. The van der Waals surface area contributed by atoms with E-state index in [1.54, 1.807) is 52.2 Å². The molecule has 0 spiro atoms. The van der Waals surface area contributed by atoms with Crippen LogP contribution in [0, 0.1) is 5.82 Å². The first-order chi connectivity index (χ1) is 21.2. The molecule has 1 aromatic carbocycles. The Balaban J connectivity index is 0.000000257. The summed E-state index contributed by atoms with van der Waals surface area (Å²) in [7, 11) is 1.32. The molecule has 0 aliphatic carbocycles. The number of aryl methyl sites for hydroxylation is 1. The molecule has 5 rings (SSSR count). The lowest BCUT2D eigenvalue weighted by Crippen LogP contribution is -2.22. The molecule has 0 atom stereocenters. The van der Waals surface area contributed by atoms with Crippen LogP contribution >= 0.6 is 45.3 Å². The summed E-state index contributed by atoms with van der Waals surface area (Å²) in [6.07, 6.45) is 4.90. The molecule has 4 aromatic heterocycles. The molecule has 246 valence electrons. The summed E-state index contributed by atoms with van der Waals surface area (Å²) in [6.45, 7) is 6.80. The molecule has 0 saturated carbocycles. The van der Waals surface area contributed by atoms with E-state index in [1.165, 1.54) is 64.6 Å². The third kappa shape index (κ3) is 10.6. The number of ether oxygens (including phenoxy) is 1. The van der Waals surface area contributed by atoms with E-state index in [-0.39, 0.29) is 31.1 Å². The average Bonchev–Trinajstić information content (AvgIpc) is 3.78. The predicted octanol–water partition coefficient (Wildman–Crippen LogP) is 7.54. The van der Waals surface area contributed by atoms with Crippen molar-refractivity contribution < 1.29 is 28.9 Å². The Morgan fingerprint density at radius 3 is 1.72 bits per heavy atom. The van der Waals surface area contributed by atoms with Crippen LogP contribution in [-0.4, -0.2) is 60.2 Å². The second kappa shape index (κ2) is 16.0. The largest absolute Gasteiger partial charge is 0.464 e. The number of aromatic nitrogens is 4. The maximum Gasteiger partial charge on any atom is 0.357 e. The fourth-order valence-electron chi connectivity index (χ4n) is 4.07. The van der Waals surface area contributed by atoms with Gasteiger partial charge in [-0.25, -0.2) is 29.1 Å². The number of methoxy groups -OCH3 is 1. The van der Waals surface area contributed by atoms with Crippen LogP contribution in [-0.2, 0) is 24.0 Å². The van der Waals surface area contributed by atoms with Crippen LogP contribution in [0.1, 0.15) is 77.8 Å². The smallest absolute Gasteiger partial charge is 0.357 e. The first kappa shape index (κ1) is 37.2. The van der Waals surface area contributed by atoms with E-state index in [0.717, 1.165) is 20.5 Å². The Labute approximate surface area is 283 Å². The van der Waals surface area contributed by atoms with Crippen molar-refractivity contribution in [2.24, 2.45) is 0 Å². The first-order valence-electron chi connectivity index (χ1n) is 13.8. The minimum atomic E-state index is -0.932. The number of hydrogen-bond acceptors (Lipinski definition) is 13. The van der Waals surface area contributed by atoms with Gasteiger partial charge in [0.05, 0.1) is 18.3 Å². The second-order valence-corrected chi connectivity index (χ2v) is 15.2. The topological polar surface area (TPSA) is 135 Å². The van der Waals surface area contributed by atoms with Crippen molar-refractivity contribution in [1.29, 1.82) is 0 Å². The molecular formula is C32H37FN4O5S4. The standard InChI is InChI=1S/C19H19FN2O2S2.C12H14N2O3S2.CH4/c1-19(2,24)11-15-16(22-18(26-15)17-21-9-10-25-17)14(23)8-5-12-3-6-13(20)7-4-12;1-12(2,16)6-7-8(11(15)17-3)14-10(19-7)9-13-4-5-18-9;/h3-4,6-7,9-10,24H,5,8,11H2,1-2H3;4-5,16H,6H2,1-3H3;1H4. The molecule has 9 nitrogen and oxygen atoms in total. The van der Waals surface area contributed by atoms with Gasteiger partial charge in [0.2, 0.25) is 0 Å². The number of carbonyl (C=O) groups excluding carboxylic acids is 2. The van der Waals surface area contributed by atoms with Crippen LogP contribution in [0.25, 0.3) is 20.0 Å². The quantitative estimate of drug-likeness (QED) is 0.106. The summed E-state index contributed by atoms with van der Waals surface area (Å²) in [5.74, 6) is -0.855. The number of benzene rings is 1. The van der Waals surface area contributed by atoms with Crippen LogP contribution in [0.15, 0.2) is 47.4 Å². The van der Waals surface area contributed by atoms with Crippen molar-refractivity contribution in [1.82, 2.24) is 19.9 Å². The maximum atomic E-state index is 13.0. The molecule has 14 heteroatoms. The van der Waals surface area contributed by atoms with Gasteiger partial charge in [0.25, 0.3) is 0 Å². The number of hydrogen-bond donors (Lipinski definition) is 2. The molecule has 0 aliphatic heterocycles. The summed E-state index contributed by atoms with van der Waals surface area (Å²) in [6, 6.07) is 6.15. The maximum absolute atomic E-state index is 13.0. The fraction of sp³-hybridized carbons (Fsp3) is 0.375. The van der Waals surface area contributed by atoms with Gasteiger partial charge in [-0.15, -0.1) is 45.3 Å². The SMILES string of the molecule is C.CC(C)(O)Cc1sc(-c2nccs2)nc1C(=O)CCc1ccc(F)cc1.COC(=O)c1nc(-c2nccs2)sc1CC(C)(C)O. The van der Waals surface area contributed by atoms with E-state index >= 15 is 0 Å². The Hall–Kier alpha value is -3.27. The van der Waals surface area contributed by atoms with Crippen molar-refractivity contribution in [2.75, 3.05) is 7.11 Å². The number of ketones is 1. The van der Waals surface area contributed by atoms with Crippen LogP contribution in [0.4, 0.5) is 4.39 Å². The molecule has 0 radical (unpaired) electrons. The highest BCUT2D eigenvalue weighted by Crippen LogP contribution is 2.33. The van der Waals surface area contributed by atoms with Gasteiger partial charge < -0.3 is 14.9 Å². The molecule has 0 aliphatic rings. The lowest BCUT2D eigenvalue weighted by Gasteiger charge is -2.16. The molecule has 5 aromatic rings. The zero-order valence-corrected chi connectivity index (χ0v) is 28.6. The van der Waals surface area contributed by atoms with Crippen LogP contribution in [0.5, 0.6) is 0 Å². The normalized spacial score (nSPS) is 11.4. The van der Waals surface area contributed by atoms with Crippen LogP contribution < -0.4 is 0 Å². The molecule has 0 fully saturated rings. The van der Waals surface area contributed by atoms with Gasteiger partial charge in [-0.1, -0.05) is 19.6 Å². The van der Waals surface area contributed by atoms with Gasteiger partial charge in [-0.2, -0.15) is 0 Å². The lowest BCUT2D eigenvalue weighted by molar-refractivity contribution is 0.0587. The van der Waals surface area contributed by atoms with Crippen molar-refractivity contribution in [3.05, 3.63) is 79.9 Å². The van der Waals surface area contributed by atoms with Gasteiger partial charge in [0.1, 0.15) is 11.5 Å². The Morgan fingerprint density at radius 1 is 0.804 bits per heavy atom. The molecule has 0 amide bonds. The molecule has 2 N–H and O–H groups in total. The number of aliphatic hydroxyl groups is 2. The number of halogens is 1. The zero-order chi connectivity index (χ0) is 32.8. The average molecular weight is 705 g/mol. The third-order valence-electron chi connectivity index (χ3n) is 6.01. The molecule has 4 heterocycles. The Bertz CT molecular complexity index is 1700. The minimum absolute atomic E-state index is 0. The monoisotopic (exact) mass is 704 g/mol. The molecule has 0 saturated heterocycles. The zero-order valence-electron chi connectivity index (χ0n) is 25.4. The summed E-state index contributed by atoms with van der Waals surface area (Å²) in [4.78, 5) is 43.2. The summed E-state index contributed by atoms with van der Waals surface area (Å²) in [5, 5.41) is 26.7. The van der Waals surface area contributed by atoms with Crippen LogP contribution in [0.2, 0.25) is 0 Å². The fourth-order valence-corrected chi connectivity index (χ4v) is 8.00. The van der Waals surface area contributed by atoms with Crippen molar-refractivity contribution in [2.45, 2.75) is 72.0 Å². The molecule has 0 unspecified atom stereocenters. The number of carbonyl (C=O) groups is 2. The summed E-state index contributed by atoms with van der Waals surface area (Å²) < 4.78 is 17.7. The van der Waals surface area contributed by atoms with Gasteiger partial charge in [0.15, 0.2) is 31.5 Å². The number of esters is 1. The van der Waals surface area contributed by atoms with E-state index in [0.29, 0.717) is 39.8 Å². The number of Topliss-reactive ketones (excluding diaryl/α,β-unsaturated/α-hetero) is 1. The van der Waals surface area contributed by atoms with Gasteiger partial charge in [0, 0.05) is 52.2 Å². The highest BCUT2D eigenvalue weighted by atomic mass is 32.1. The van der Waals surface area contributed by atoms with Crippen molar-refractivity contribution >= 4 is 57.1 Å². The van der Waals surface area contributed by atoms with E-state index in [9.17, 15) is 24.2 Å². The van der Waals surface area contributed by atoms with Gasteiger partial charge in [-0.05, 0) is 51.8 Å². The van der Waals surface area contributed by atoms with E-state index in [4.69, 9.17) is 4.74 Å². The van der Waals surface area contributed by atoms with E-state index < -0.39 is 17.2 Å². The van der Waals surface area contributed by atoms with E-state index in [1.807, 2.05) is 10.8 Å². The third-order valence-corrected chi connectivity index (χ3v) is 9.95. The Morgan fingerprint density at radius 2 is 1.28 bits per heavy atom. The number of nitrogens with zero attached hydrogens (tertiary/aromatic N) is 4.